The highest BCUT2D eigenvalue weighted by Crippen LogP contribution is 2.09. The summed E-state index contributed by atoms with van der Waals surface area (Å²) >= 11 is 0. The van der Waals surface area contributed by atoms with Gasteiger partial charge >= 0.3 is 0 Å². The molecule has 6 heteroatoms. The molecule has 0 bridgehead atoms. The summed E-state index contributed by atoms with van der Waals surface area (Å²) in [7, 11) is -3.32. The van der Waals surface area contributed by atoms with E-state index in [4.69, 9.17) is 10.5 Å². The second-order valence-corrected chi connectivity index (χ2v) is 7.03. The van der Waals surface area contributed by atoms with Gasteiger partial charge in [-0.1, -0.05) is 26.0 Å². The van der Waals surface area contributed by atoms with Crippen molar-refractivity contribution in [3.63, 3.8) is 0 Å². The van der Waals surface area contributed by atoms with Crippen LogP contribution in [0.2, 0.25) is 0 Å². The average molecular weight is 300 g/mol. The lowest BCUT2D eigenvalue weighted by Gasteiger charge is -2.09. The molecule has 114 valence electrons. The Morgan fingerprint density at radius 2 is 2.10 bits per heavy atom. The fourth-order valence-electron chi connectivity index (χ4n) is 1.67. The highest BCUT2D eigenvalue weighted by atomic mass is 32.2. The van der Waals surface area contributed by atoms with E-state index in [0.29, 0.717) is 43.3 Å². The van der Waals surface area contributed by atoms with Gasteiger partial charge in [-0.15, -0.1) is 0 Å². The lowest BCUT2D eigenvalue weighted by atomic mass is 10.2. The Morgan fingerprint density at radius 1 is 1.35 bits per heavy atom. The van der Waals surface area contributed by atoms with E-state index < -0.39 is 10.0 Å². The van der Waals surface area contributed by atoms with Crippen LogP contribution in [-0.2, 0) is 20.5 Å². The molecule has 0 saturated heterocycles. The zero-order chi connectivity index (χ0) is 15.0. The van der Waals surface area contributed by atoms with Gasteiger partial charge < -0.3 is 10.5 Å². The summed E-state index contributed by atoms with van der Waals surface area (Å²) in [5, 5.41) is 0. The molecule has 0 saturated carbocycles. The summed E-state index contributed by atoms with van der Waals surface area (Å²) in [5.74, 6) is 0.445. The molecule has 1 aromatic carbocycles. The predicted octanol–water partition coefficient (Wildman–Crippen LogP) is 1.75. The smallest absolute Gasteiger partial charge is 0.215 e. The molecule has 0 aliphatic rings. The summed E-state index contributed by atoms with van der Waals surface area (Å²) in [6, 6.07) is 6.90. The van der Waals surface area contributed by atoms with Gasteiger partial charge in [0.1, 0.15) is 0 Å². The molecule has 5 nitrogen and oxygen atoms in total. The first-order chi connectivity index (χ1) is 9.39. The lowest BCUT2D eigenvalue weighted by Crippen LogP contribution is -2.27. The fourth-order valence-corrected chi connectivity index (χ4v) is 2.85. The minimum Gasteiger partial charge on any atom is -0.399 e. The number of ether oxygens (including phenoxy) is 1. The first kappa shape index (κ1) is 16.9. The summed E-state index contributed by atoms with van der Waals surface area (Å²) in [5.41, 5.74) is 6.88. The lowest BCUT2D eigenvalue weighted by molar-refractivity contribution is 0.108. The Hall–Kier alpha value is -1.11. The number of nitrogens with two attached hydrogens (primary N) is 1. The van der Waals surface area contributed by atoms with Crippen LogP contribution in [0.5, 0.6) is 0 Å². The van der Waals surface area contributed by atoms with Gasteiger partial charge in [0.25, 0.3) is 0 Å². The molecule has 0 radical (unpaired) electrons. The van der Waals surface area contributed by atoms with E-state index in [2.05, 4.69) is 18.6 Å². The SMILES string of the molecule is CC(C)COCCCNS(=O)(=O)Cc1cccc(N)c1. The topological polar surface area (TPSA) is 81.4 Å². The van der Waals surface area contributed by atoms with Gasteiger partial charge in [0.05, 0.1) is 5.75 Å². The fraction of sp³-hybridized carbons (Fsp3) is 0.571. The third-order valence-corrected chi connectivity index (χ3v) is 3.90. The van der Waals surface area contributed by atoms with Gasteiger partial charge in [-0.25, -0.2) is 13.1 Å². The number of hydrogen-bond acceptors (Lipinski definition) is 4. The van der Waals surface area contributed by atoms with Crippen molar-refractivity contribution in [2.75, 3.05) is 25.5 Å². The summed E-state index contributed by atoms with van der Waals surface area (Å²) in [6.45, 7) is 5.82. The van der Waals surface area contributed by atoms with Crippen LogP contribution in [0.15, 0.2) is 24.3 Å². The average Bonchev–Trinajstić information content (AvgIpc) is 2.32. The predicted molar refractivity (Wildman–Crippen MR) is 81.8 cm³/mol. The van der Waals surface area contributed by atoms with Gasteiger partial charge in [-0.2, -0.15) is 0 Å². The van der Waals surface area contributed by atoms with Crippen LogP contribution in [0.1, 0.15) is 25.8 Å². The van der Waals surface area contributed by atoms with Gasteiger partial charge in [0.15, 0.2) is 0 Å². The number of benzene rings is 1. The number of hydrogen-bond donors (Lipinski definition) is 2. The van der Waals surface area contributed by atoms with Crippen molar-refractivity contribution >= 4 is 15.7 Å². The summed E-state index contributed by atoms with van der Waals surface area (Å²) < 4.78 is 31.7. The van der Waals surface area contributed by atoms with Crippen molar-refractivity contribution in [1.82, 2.24) is 4.72 Å². The van der Waals surface area contributed by atoms with E-state index in [1.165, 1.54) is 0 Å². The van der Waals surface area contributed by atoms with Crippen molar-refractivity contribution in [2.24, 2.45) is 5.92 Å². The number of sulfonamides is 1. The molecule has 0 fully saturated rings. The quantitative estimate of drug-likeness (QED) is 0.538. The number of rotatable bonds is 9. The Balaban J connectivity index is 2.28. The largest absolute Gasteiger partial charge is 0.399 e. The molecule has 1 rings (SSSR count). The molecule has 3 N–H and O–H groups in total. The zero-order valence-corrected chi connectivity index (χ0v) is 12.9. The molecular formula is C14H24N2O3S. The molecule has 20 heavy (non-hydrogen) atoms. The van der Waals surface area contributed by atoms with E-state index in [1.54, 1.807) is 24.3 Å². The van der Waals surface area contributed by atoms with Crippen LogP contribution in [0.25, 0.3) is 0 Å². The molecule has 0 amide bonds. The van der Waals surface area contributed by atoms with Crippen molar-refractivity contribution in [3.05, 3.63) is 29.8 Å². The van der Waals surface area contributed by atoms with Crippen LogP contribution < -0.4 is 10.5 Å². The highest BCUT2D eigenvalue weighted by molar-refractivity contribution is 7.88. The van der Waals surface area contributed by atoms with Crippen molar-refractivity contribution < 1.29 is 13.2 Å². The van der Waals surface area contributed by atoms with Crippen molar-refractivity contribution in [1.29, 1.82) is 0 Å². The first-order valence-corrected chi connectivity index (χ1v) is 8.44. The monoisotopic (exact) mass is 300 g/mol. The van der Waals surface area contributed by atoms with Crippen molar-refractivity contribution in [2.45, 2.75) is 26.0 Å². The van der Waals surface area contributed by atoms with Gasteiger partial charge in [0, 0.05) is 25.4 Å². The Morgan fingerprint density at radius 3 is 2.75 bits per heavy atom. The van der Waals surface area contributed by atoms with E-state index in [1.807, 2.05) is 0 Å². The minimum absolute atomic E-state index is 0.0507. The number of nitrogens with one attached hydrogen (secondary N) is 1. The maximum Gasteiger partial charge on any atom is 0.215 e. The zero-order valence-electron chi connectivity index (χ0n) is 12.1. The Kier molecular flexibility index (Phi) is 6.98. The maximum atomic E-state index is 11.9. The minimum atomic E-state index is -3.32. The van der Waals surface area contributed by atoms with Crippen LogP contribution in [0, 0.1) is 5.92 Å². The molecule has 0 heterocycles. The summed E-state index contributed by atoms with van der Waals surface area (Å²) in [6.07, 6.45) is 0.670. The molecule has 0 unspecified atom stereocenters. The van der Waals surface area contributed by atoms with Crippen molar-refractivity contribution in [3.8, 4) is 0 Å². The molecule has 0 aliphatic heterocycles. The Bertz CT molecular complexity index is 501. The number of nitrogen functional groups attached to an aromatic ring is 1. The summed E-state index contributed by atoms with van der Waals surface area (Å²) in [4.78, 5) is 0. The highest BCUT2D eigenvalue weighted by Gasteiger charge is 2.10. The third kappa shape index (κ3) is 7.47. The molecule has 1 aromatic rings. The second kappa shape index (κ2) is 8.24. The van der Waals surface area contributed by atoms with E-state index >= 15 is 0 Å². The van der Waals surface area contributed by atoms with Crippen LogP contribution in [0.4, 0.5) is 5.69 Å². The van der Waals surface area contributed by atoms with Crippen LogP contribution in [0.3, 0.4) is 0 Å². The molecular weight excluding hydrogens is 276 g/mol. The molecule has 0 aromatic heterocycles. The Labute approximate surface area is 121 Å². The maximum absolute atomic E-state index is 11.9. The van der Waals surface area contributed by atoms with E-state index in [0.717, 1.165) is 0 Å². The van der Waals surface area contributed by atoms with Crippen LogP contribution in [-0.4, -0.2) is 28.2 Å². The molecule has 0 aliphatic carbocycles. The standard InChI is InChI=1S/C14H24N2O3S/c1-12(2)10-19-8-4-7-16-20(17,18)11-13-5-3-6-14(15)9-13/h3,5-6,9,12,16H,4,7-8,10-11,15H2,1-2H3. The second-order valence-electron chi connectivity index (χ2n) is 5.22. The van der Waals surface area contributed by atoms with E-state index in [-0.39, 0.29) is 5.75 Å². The van der Waals surface area contributed by atoms with E-state index in [9.17, 15) is 8.42 Å². The normalized spacial score (nSPS) is 11.9. The third-order valence-electron chi connectivity index (χ3n) is 2.55. The first-order valence-electron chi connectivity index (χ1n) is 6.78. The van der Waals surface area contributed by atoms with Gasteiger partial charge in [0.2, 0.25) is 10.0 Å². The molecule has 0 atom stereocenters. The van der Waals surface area contributed by atoms with Gasteiger partial charge in [-0.05, 0) is 30.0 Å². The van der Waals surface area contributed by atoms with Gasteiger partial charge in [-0.3, -0.25) is 0 Å². The molecule has 0 spiro atoms. The number of anilines is 1. The van der Waals surface area contributed by atoms with Crippen LogP contribution >= 0.6 is 0 Å².